The fraction of sp³-hybridized carbons (Fsp3) is 0.115. The van der Waals surface area contributed by atoms with Gasteiger partial charge in [0.2, 0.25) is 5.91 Å². The lowest BCUT2D eigenvalue weighted by molar-refractivity contribution is -0.384. The molecule has 3 aromatic carbocycles. The number of nitrogens with one attached hydrogen (secondary N) is 1. The highest BCUT2D eigenvalue weighted by molar-refractivity contribution is 8.18. The minimum absolute atomic E-state index is 0.0159. The fourth-order valence-corrected chi connectivity index (χ4v) is 4.97. The summed E-state index contributed by atoms with van der Waals surface area (Å²) in [5.74, 6) is -0.398. The second-order valence-corrected chi connectivity index (χ2v) is 9.88. The van der Waals surface area contributed by atoms with Gasteiger partial charge in [-0.25, -0.2) is 0 Å². The number of non-ortho nitro benzene ring substituents is 1. The molecule has 1 heterocycles. The number of carbonyl (C=O) groups is 3. The minimum Gasteiger partial charge on any atom is -0.497 e. The van der Waals surface area contributed by atoms with Gasteiger partial charge in [-0.3, -0.25) is 29.4 Å². The standard InChI is InChI=1S/C26H19Cl2N3O7S/c1-37-19-7-5-17(6-8-19)29-23(32)13-30-25(33)22(39-26(30)34)12-16-10-20(27)24(21(28)11-16)38-14-15-3-2-4-18(9-15)31(35)36/h2-12H,13-14H2,1H3,(H,29,32)/b22-12+. The van der Waals surface area contributed by atoms with E-state index >= 15 is 0 Å². The number of rotatable bonds is 9. The number of ether oxygens (including phenoxy) is 2. The van der Waals surface area contributed by atoms with E-state index in [1.54, 1.807) is 36.4 Å². The van der Waals surface area contributed by atoms with Crippen LogP contribution < -0.4 is 14.8 Å². The third kappa shape index (κ3) is 6.88. The molecule has 1 aliphatic rings. The van der Waals surface area contributed by atoms with Gasteiger partial charge in [-0.15, -0.1) is 0 Å². The Morgan fingerprint density at radius 1 is 1.10 bits per heavy atom. The first-order valence-electron chi connectivity index (χ1n) is 11.2. The molecule has 0 aromatic heterocycles. The number of nitro groups is 1. The summed E-state index contributed by atoms with van der Waals surface area (Å²) in [5, 5.41) is 13.3. The Bertz CT molecular complexity index is 1470. The maximum Gasteiger partial charge on any atom is 0.294 e. The van der Waals surface area contributed by atoms with Crippen LogP contribution >= 0.6 is 35.0 Å². The van der Waals surface area contributed by atoms with Crippen LogP contribution in [-0.4, -0.2) is 40.5 Å². The van der Waals surface area contributed by atoms with E-state index in [1.807, 2.05) is 0 Å². The van der Waals surface area contributed by atoms with E-state index in [4.69, 9.17) is 32.7 Å². The van der Waals surface area contributed by atoms with Gasteiger partial charge in [-0.05, 0) is 65.4 Å². The van der Waals surface area contributed by atoms with E-state index in [0.29, 0.717) is 34.3 Å². The van der Waals surface area contributed by atoms with Crippen molar-refractivity contribution in [2.24, 2.45) is 0 Å². The van der Waals surface area contributed by atoms with Crippen molar-refractivity contribution in [2.45, 2.75) is 6.61 Å². The van der Waals surface area contributed by atoms with Crippen LogP contribution in [-0.2, 0) is 16.2 Å². The molecule has 0 atom stereocenters. The monoisotopic (exact) mass is 587 g/mol. The molecule has 0 aliphatic carbocycles. The fourth-order valence-electron chi connectivity index (χ4n) is 3.52. The predicted molar refractivity (Wildman–Crippen MR) is 148 cm³/mol. The van der Waals surface area contributed by atoms with Crippen LogP contribution in [0.25, 0.3) is 6.08 Å². The third-order valence-electron chi connectivity index (χ3n) is 5.37. The van der Waals surface area contributed by atoms with Crippen molar-refractivity contribution in [3.05, 3.63) is 96.9 Å². The van der Waals surface area contributed by atoms with E-state index in [0.717, 1.165) is 4.90 Å². The predicted octanol–water partition coefficient (Wildman–Crippen LogP) is 6.16. The molecule has 39 heavy (non-hydrogen) atoms. The summed E-state index contributed by atoms with van der Waals surface area (Å²) in [6.45, 7) is -0.474. The molecule has 10 nitrogen and oxygen atoms in total. The molecule has 1 saturated heterocycles. The Kier molecular flexibility index (Phi) is 8.75. The zero-order valence-electron chi connectivity index (χ0n) is 20.2. The summed E-state index contributed by atoms with van der Waals surface area (Å²) < 4.78 is 10.8. The molecule has 4 rings (SSSR count). The molecule has 0 bridgehead atoms. The molecule has 3 amide bonds. The van der Waals surface area contributed by atoms with Crippen molar-refractivity contribution in [2.75, 3.05) is 19.0 Å². The first-order valence-corrected chi connectivity index (χ1v) is 12.8. The van der Waals surface area contributed by atoms with Crippen LogP contribution in [0.3, 0.4) is 0 Å². The van der Waals surface area contributed by atoms with Gasteiger partial charge < -0.3 is 14.8 Å². The largest absolute Gasteiger partial charge is 0.497 e. The maximum atomic E-state index is 12.8. The Morgan fingerprint density at radius 3 is 2.44 bits per heavy atom. The average Bonchev–Trinajstić information content (AvgIpc) is 3.16. The molecule has 0 spiro atoms. The molecule has 0 saturated carbocycles. The van der Waals surface area contributed by atoms with E-state index in [2.05, 4.69) is 5.32 Å². The van der Waals surface area contributed by atoms with Crippen molar-refractivity contribution in [3.63, 3.8) is 0 Å². The Hall–Kier alpha value is -4.06. The summed E-state index contributed by atoms with van der Waals surface area (Å²) in [6, 6.07) is 15.6. The van der Waals surface area contributed by atoms with Gasteiger partial charge in [0, 0.05) is 17.8 Å². The van der Waals surface area contributed by atoms with Gasteiger partial charge in [0.1, 0.15) is 18.9 Å². The highest BCUT2D eigenvalue weighted by atomic mass is 35.5. The number of amides is 3. The number of halogens is 2. The van der Waals surface area contributed by atoms with Crippen molar-refractivity contribution >= 4 is 69.5 Å². The molecular formula is C26H19Cl2N3O7S. The second-order valence-electron chi connectivity index (χ2n) is 8.07. The number of methoxy groups -OCH3 is 1. The highest BCUT2D eigenvalue weighted by Crippen LogP contribution is 2.38. The number of thioether (sulfide) groups is 1. The molecule has 0 unspecified atom stereocenters. The first-order chi connectivity index (χ1) is 18.6. The van der Waals surface area contributed by atoms with E-state index in [1.165, 1.54) is 37.5 Å². The number of hydrogen-bond acceptors (Lipinski definition) is 8. The summed E-state index contributed by atoms with van der Waals surface area (Å²) in [6.07, 6.45) is 1.44. The lowest BCUT2D eigenvalue weighted by atomic mass is 10.2. The topological polar surface area (TPSA) is 128 Å². The van der Waals surface area contributed by atoms with Crippen molar-refractivity contribution in [1.29, 1.82) is 0 Å². The van der Waals surface area contributed by atoms with Crippen LogP contribution in [0, 0.1) is 10.1 Å². The molecular weight excluding hydrogens is 569 g/mol. The molecule has 13 heteroatoms. The van der Waals surface area contributed by atoms with Gasteiger partial charge in [-0.1, -0.05) is 35.3 Å². The highest BCUT2D eigenvalue weighted by Gasteiger charge is 2.36. The third-order valence-corrected chi connectivity index (χ3v) is 6.84. The number of carbonyl (C=O) groups excluding carboxylic acids is 3. The molecule has 3 aromatic rings. The van der Waals surface area contributed by atoms with Crippen LogP contribution in [0.5, 0.6) is 11.5 Å². The van der Waals surface area contributed by atoms with Gasteiger partial charge in [-0.2, -0.15) is 0 Å². The lowest BCUT2D eigenvalue weighted by Crippen LogP contribution is -2.36. The molecule has 0 radical (unpaired) electrons. The van der Waals surface area contributed by atoms with E-state index < -0.39 is 28.5 Å². The van der Waals surface area contributed by atoms with E-state index in [-0.39, 0.29) is 33.0 Å². The molecule has 200 valence electrons. The van der Waals surface area contributed by atoms with Crippen LogP contribution in [0.1, 0.15) is 11.1 Å². The number of benzene rings is 3. The summed E-state index contributed by atoms with van der Waals surface area (Å²) in [4.78, 5) is 49.1. The summed E-state index contributed by atoms with van der Waals surface area (Å²) in [7, 11) is 1.52. The maximum absolute atomic E-state index is 12.8. The van der Waals surface area contributed by atoms with Gasteiger partial charge in [0.15, 0.2) is 5.75 Å². The Labute approximate surface area is 236 Å². The van der Waals surface area contributed by atoms with Gasteiger partial charge >= 0.3 is 0 Å². The smallest absolute Gasteiger partial charge is 0.294 e. The van der Waals surface area contributed by atoms with Crippen molar-refractivity contribution < 1.29 is 28.8 Å². The second kappa shape index (κ2) is 12.2. The Morgan fingerprint density at radius 2 is 1.79 bits per heavy atom. The van der Waals surface area contributed by atoms with Gasteiger partial charge in [0.25, 0.3) is 16.8 Å². The summed E-state index contributed by atoms with van der Waals surface area (Å²) >= 11 is 13.4. The summed E-state index contributed by atoms with van der Waals surface area (Å²) in [5.41, 5.74) is 1.39. The number of nitrogens with zero attached hydrogens (tertiary/aromatic N) is 2. The normalized spacial score (nSPS) is 14.0. The van der Waals surface area contributed by atoms with Crippen molar-refractivity contribution in [3.8, 4) is 11.5 Å². The zero-order valence-corrected chi connectivity index (χ0v) is 22.5. The van der Waals surface area contributed by atoms with Crippen molar-refractivity contribution in [1.82, 2.24) is 4.90 Å². The minimum atomic E-state index is -0.631. The number of nitro benzene ring substituents is 1. The van der Waals surface area contributed by atoms with Crippen LogP contribution in [0.2, 0.25) is 10.0 Å². The number of imide groups is 1. The van der Waals surface area contributed by atoms with Crippen LogP contribution in [0.4, 0.5) is 16.2 Å². The molecule has 1 aliphatic heterocycles. The molecule has 1 fully saturated rings. The zero-order chi connectivity index (χ0) is 28.1. The number of hydrogen-bond donors (Lipinski definition) is 1. The lowest BCUT2D eigenvalue weighted by Gasteiger charge is -2.13. The Balaban J connectivity index is 1.42. The van der Waals surface area contributed by atoms with E-state index in [9.17, 15) is 24.5 Å². The first kappa shape index (κ1) is 28.0. The SMILES string of the molecule is COc1ccc(NC(=O)CN2C(=O)S/C(=C/c3cc(Cl)c(OCc4cccc([N+](=O)[O-])c4)c(Cl)c3)C2=O)cc1. The van der Waals surface area contributed by atoms with Gasteiger partial charge in [0.05, 0.1) is 27.0 Å². The number of anilines is 1. The quantitative estimate of drug-likeness (QED) is 0.179. The average molecular weight is 588 g/mol. The van der Waals surface area contributed by atoms with Crippen LogP contribution in [0.15, 0.2) is 65.6 Å². The molecule has 1 N–H and O–H groups in total.